The Kier molecular flexibility index (Phi) is 5.26. The number of amides is 1. The lowest BCUT2D eigenvalue weighted by atomic mass is 9.98. The number of rotatable bonds is 6. The molecule has 0 aliphatic heterocycles. The van der Waals surface area contributed by atoms with Gasteiger partial charge in [0.15, 0.2) is 0 Å². The first-order valence-corrected chi connectivity index (χ1v) is 10.7. The van der Waals surface area contributed by atoms with Gasteiger partial charge in [-0.25, -0.2) is 19.6 Å². The van der Waals surface area contributed by atoms with Crippen molar-refractivity contribution in [3.63, 3.8) is 0 Å². The van der Waals surface area contributed by atoms with Crippen LogP contribution in [0.1, 0.15) is 28.4 Å². The van der Waals surface area contributed by atoms with Crippen LogP contribution < -0.4 is 5.32 Å². The summed E-state index contributed by atoms with van der Waals surface area (Å²) in [6, 6.07) is 16.7. The molecule has 0 fully saturated rings. The van der Waals surface area contributed by atoms with E-state index in [-0.39, 0.29) is 18.9 Å². The SMILES string of the molecule is Cc1nc2ncccn2c1CC(NC(=O)OCC1c2ccccc2-c2ccccc21)C(=O)O. The summed E-state index contributed by atoms with van der Waals surface area (Å²) in [5, 5.41) is 12.2. The number of fused-ring (bicyclic) bond motifs is 4. The average Bonchev–Trinajstić information content (AvgIpc) is 3.31. The van der Waals surface area contributed by atoms with Crippen LogP contribution in [0, 0.1) is 6.92 Å². The molecule has 8 nitrogen and oxygen atoms in total. The lowest BCUT2D eigenvalue weighted by Crippen LogP contribution is -2.43. The molecule has 1 amide bonds. The molecule has 4 aromatic rings. The summed E-state index contributed by atoms with van der Waals surface area (Å²) in [6.45, 7) is 1.90. The fraction of sp³-hybridized carbons (Fsp3) is 0.200. The first-order chi connectivity index (χ1) is 16.0. The molecule has 2 heterocycles. The molecule has 0 saturated heterocycles. The van der Waals surface area contributed by atoms with E-state index >= 15 is 0 Å². The van der Waals surface area contributed by atoms with Gasteiger partial charge >= 0.3 is 12.1 Å². The van der Waals surface area contributed by atoms with E-state index in [1.165, 1.54) is 0 Å². The number of imidazole rings is 1. The van der Waals surface area contributed by atoms with Crippen LogP contribution in [0.3, 0.4) is 0 Å². The number of aliphatic carboxylic acids is 1. The van der Waals surface area contributed by atoms with Crippen LogP contribution in [-0.2, 0) is 16.0 Å². The first kappa shape index (κ1) is 20.7. The Labute approximate surface area is 189 Å². The minimum Gasteiger partial charge on any atom is -0.480 e. The van der Waals surface area contributed by atoms with Crippen molar-refractivity contribution in [3.05, 3.63) is 89.5 Å². The third-order valence-corrected chi connectivity index (χ3v) is 6.03. The van der Waals surface area contributed by atoms with Crippen molar-refractivity contribution >= 4 is 17.8 Å². The second-order valence-electron chi connectivity index (χ2n) is 8.00. The van der Waals surface area contributed by atoms with Gasteiger partial charge in [0.1, 0.15) is 12.6 Å². The van der Waals surface area contributed by atoms with Gasteiger partial charge < -0.3 is 15.2 Å². The maximum Gasteiger partial charge on any atom is 0.407 e. The van der Waals surface area contributed by atoms with Gasteiger partial charge in [-0.1, -0.05) is 48.5 Å². The third kappa shape index (κ3) is 3.80. The van der Waals surface area contributed by atoms with Crippen molar-refractivity contribution in [1.82, 2.24) is 19.7 Å². The summed E-state index contributed by atoms with van der Waals surface area (Å²) >= 11 is 0. The van der Waals surface area contributed by atoms with Crippen LogP contribution in [0.5, 0.6) is 0 Å². The Balaban J connectivity index is 1.30. The molecule has 0 radical (unpaired) electrons. The number of carbonyl (C=O) groups excluding carboxylic acids is 1. The summed E-state index contributed by atoms with van der Waals surface area (Å²) in [7, 11) is 0. The molecule has 1 unspecified atom stereocenters. The number of nitrogens with one attached hydrogen (secondary N) is 1. The zero-order valence-electron chi connectivity index (χ0n) is 17.9. The van der Waals surface area contributed by atoms with Gasteiger partial charge in [0.05, 0.1) is 5.69 Å². The average molecular weight is 442 g/mol. The molecular formula is C25H22N4O4. The Morgan fingerprint density at radius 3 is 2.42 bits per heavy atom. The molecule has 1 atom stereocenters. The van der Waals surface area contributed by atoms with Crippen molar-refractivity contribution in [2.75, 3.05) is 6.61 Å². The van der Waals surface area contributed by atoms with E-state index in [1.807, 2.05) is 36.4 Å². The lowest BCUT2D eigenvalue weighted by Gasteiger charge is -2.17. The fourth-order valence-corrected chi connectivity index (χ4v) is 4.47. The molecule has 33 heavy (non-hydrogen) atoms. The minimum absolute atomic E-state index is 0.0538. The van der Waals surface area contributed by atoms with E-state index < -0.39 is 18.1 Å². The molecule has 2 N–H and O–H groups in total. The highest BCUT2D eigenvalue weighted by molar-refractivity contribution is 5.81. The van der Waals surface area contributed by atoms with Crippen molar-refractivity contribution < 1.29 is 19.4 Å². The van der Waals surface area contributed by atoms with Gasteiger partial charge in [-0.05, 0) is 35.2 Å². The van der Waals surface area contributed by atoms with Crippen molar-refractivity contribution in [1.29, 1.82) is 0 Å². The normalized spacial score (nSPS) is 13.4. The van der Waals surface area contributed by atoms with Gasteiger partial charge in [0.2, 0.25) is 5.78 Å². The van der Waals surface area contributed by atoms with E-state index in [1.54, 1.807) is 29.8 Å². The van der Waals surface area contributed by atoms with Crippen molar-refractivity contribution in [2.24, 2.45) is 0 Å². The molecule has 1 aliphatic rings. The number of hydrogen-bond acceptors (Lipinski definition) is 5. The van der Waals surface area contributed by atoms with E-state index in [0.29, 0.717) is 17.2 Å². The Morgan fingerprint density at radius 1 is 1.09 bits per heavy atom. The van der Waals surface area contributed by atoms with Crippen LogP contribution in [0.15, 0.2) is 67.0 Å². The molecule has 1 aliphatic carbocycles. The molecule has 0 saturated carbocycles. The van der Waals surface area contributed by atoms with Crippen LogP contribution in [-0.4, -0.2) is 44.2 Å². The van der Waals surface area contributed by atoms with Crippen LogP contribution in [0.4, 0.5) is 4.79 Å². The number of hydrogen-bond donors (Lipinski definition) is 2. The van der Waals surface area contributed by atoms with Crippen molar-refractivity contribution in [3.8, 4) is 11.1 Å². The predicted octanol–water partition coefficient (Wildman–Crippen LogP) is 3.57. The number of nitrogens with zero attached hydrogens (tertiary/aromatic N) is 3. The number of benzene rings is 2. The van der Waals surface area contributed by atoms with Gasteiger partial charge in [0.25, 0.3) is 0 Å². The van der Waals surface area contributed by atoms with E-state index in [4.69, 9.17) is 4.74 Å². The summed E-state index contributed by atoms with van der Waals surface area (Å²) in [5.41, 5.74) is 5.77. The number of ether oxygens (including phenoxy) is 1. The number of carboxylic acids is 1. The summed E-state index contributed by atoms with van der Waals surface area (Å²) in [6.07, 6.45) is 2.67. The van der Waals surface area contributed by atoms with Gasteiger partial charge in [-0.3, -0.25) is 4.40 Å². The number of alkyl carbamates (subject to hydrolysis) is 1. The van der Waals surface area contributed by atoms with E-state index in [2.05, 4.69) is 27.4 Å². The zero-order chi connectivity index (χ0) is 22.9. The second-order valence-corrected chi connectivity index (χ2v) is 8.00. The number of carbonyl (C=O) groups is 2. The largest absolute Gasteiger partial charge is 0.480 e. The van der Waals surface area contributed by atoms with E-state index in [9.17, 15) is 14.7 Å². The summed E-state index contributed by atoms with van der Waals surface area (Å²) in [4.78, 5) is 33.0. The Morgan fingerprint density at radius 2 is 1.76 bits per heavy atom. The fourth-order valence-electron chi connectivity index (χ4n) is 4.47. The quantitative estimate of drug-likeness (QED) is 0.473. The molecule has 2 aromatic carbocycles. The zero-order valence-corrected chi connectivity index (χ0v) is 17.9. The number of carboxylic acid groups (broad SMARTS) is 1. The van der Waals surface area contributed by atoms with Crippen LogP contribution >= 0.6 is 0 Å². The smallest absolute Gasteiger partial charge is 0.407 e. The number of aromatic nitrogens is 3. The number of aryl methyl sites for hydroxylation is 1. The third-order valence-electron chi connectivity index (χ3n) is 6.03. The monoisotopic (exact) mass is 442 g/mol. The Bertz CT molecular complexity index is 1320. The highest BCUT2D eigenvalue weighted by atomic mass is 16.5. The summed E-state index contributed by atoms with van der Waals surface area (Å²) in [5.74, 6) is -0.768. The van der Waals surface area contributed by atoms with Crippen LogP contribution in [0.25, 0.3) is 16.9 Å². The van der Waals surface area contributed by atoms with Crippen molar-refractivity contribution in [2.45, 2.75) is 25.3 Å². The lowest BCUT2D eigenvalue weighted by molar-refractivity contribution is -0.139. The first-order valence-electron chi connectivity index (χ1n) is 10.7. The van der Waals surface area contributed by atoms with Crippen LogP contribution in [0.2, 0.25) is 0 Å². The Hall–Kier alpha value is -4.20. The molecular weight excluding hydrogens is 420 g/mol. The highest BCUT2D eigenvalue weighted by Crippen LogP contribution is 2.44. The maximum atomic E-state index is 12.6. The topological polar surface area (TPSA) is 106 Å². The van der Waals surface area contributed by atoms with Gasteiger partial charge in [0, 0.05) is 30.4 Å². The molecule has 166 valence electrons. The highest BCUT2D eigenvalue weighted by Gasteiger charge is 2.30. The maximum absolute atomic E-state index is 12.6. The standard InChI is InChI=1S/C25H22N4O4/c1-15-22(29-12-6-11-26-24(29)27-15)13-21(23(30)31)28-25(32)33-14-20-18-9-4-2-7-16(18)17-8-3-5-10-19(17)20/h2-12,20-21H,13-14H2,1H3,(H,28,32)(H,30,31). The molecule has 5 rings (SSSR count). The van der Waals surface area contributed by atoms with Gasteiger partial charge in [-0.15, -0.1) is 0 Å². The minimum atomic E-state index is -1.17. The second kappa shape index (κ2) is 8.38. The van der Waals surface area contributed by atoms with Gasteiger partial charge in [-0.2, -0.15) is 0 Å². The summed E-state index contributed by atoms with van der Waals surface area (Å²) < 4.78 is 7.24. The predicted molar refractivity (Wildman–Crippen MR) is 121 cm³/mol. The molecule has 2 aromatic heterocycles. The molecule has 0 spiro atoms. The van der Waals surface area contributed by atoms with E-state index in [0.717, 1.165) is 22.3 Å². The molecule has 0 bridgehead atoms. The molecule has 8 heteroatoms.